The summed E-state index contributed by atoms with van der Waals surface area (Å²) in [5, 5.41) is 10.2. The van der Waals surface area contributed by atoms with E-state index in [0.29, 0.717) is 0 Å². The summed E-state index contributed by atoms with van der Waals surface area (Å²) in [4.78, 5) is 0. The van der Waals surface area contributed by atoms with Gasteiger partial charge in [0.05, 0.1) is 12.2 Å². The summed E-state index contributed by atoms with van der Waals surface area (Å²) < 4.78 is 11.7. The van der Waals surface area contributed by atoms with Gasteiger partial charge >= 0.3 is 0 Å². The Morgan fingerprint density at radius 1 is 1.35 bits per heavy atom. The Morgan fingerprint density at radius 2 is 1.88 bits per heavy atom. The Labute approximate surface area is 107 Å². The summed E-state index contributed by atoms with van der Waals surface area (Å²) >= 11 is 0. The normalized spacial score (nSPS) is 35.2. The first-order valence-corrected chi connectivity index (χ1v) is 9.28. The molecule has 1 unspecified atom stereocenters. The van der Waals surface area contributed by atoms with Gasteiger partial charge in [0.15, 0.2) is 8.32 Å². The van der Waals surface area contributed by atoms with Crippen LogP contribution in [0, 0.1) is 0 Å². The second-order valence-corrected chi connectivity index (χ2v) is 11.1. The molecule has 0 amide bonds. The predicted octanol–water partition coefficient (Wildman–Crippen LogP) is 2.04. The maximum atomic E-state index is 10.1. The second-order valence-electron chi connectivity index (χ2n) is 6.38. The fourth-order valence-electron chi connectivity index (χ4n) is 1.76. The van der Waals surface area contributed by atoms with Gasteiger partial charge < -0.3 is 14.3 Å². The average Bonchev–Trinajstić information content (AvgIpc) is 2.43. The highest BCUT2D eigenvalue weighted by Crippen LogP contribution is 2.39. The molecule has 0 aromatic rings. The highest BCUT2D eigenvalue weighted by atomic mass is 28.4. The Kier molecular flexibility index (Phi) is 4.51. The first-order chi connectivity index (χ1) is 7.60. The van der Waals surface area contributed by atoms with E-state index in [1.165, 1.54) is 0 Å². The van der Waals surface area contributed by atoms with Gasteiger partial charge in [-0.05, 0) is 24.6 Å². The van der Waals surface area contributed by atoms with Gasteiger partial charge in [0, 0.05) is 6.00 Å². The molecule has 1 heterocycles. The molecule has 0 saturated carbocycles. The van der Waals surface area contributed by atoms with Crippen LogP contribution in [0.15, 0.2) is 0 Å². The number of aliphatic hydroxyl groups excluding tert-OH is 1. The van der Waals surface area contributed by atoms with Gasteiger partial charge in [-0.3, -0.25) is 0 Å². The van der Waals surface area contributed by atoms with Gasteiger partial charge in [0.25, 0.3) is 0 Å². The van der Waals surface area contributed by atoms with Crippen LogP contribution in [0.4, 0.5) is 0 Å². The average molecular weight is 256 g/mol. The van der Waals surface area contributed by atoms with Crippen LogP contribution in [-0.4, -0.2) is 45.6 Å². The Balaban J connectivity index is 2.75. The molecule has 0 aliphatic carbocycles. The van der Waals surface area contributed by atoms with Gasteiger partial charge in [0.2, 0.25) is 0 Å². The number of rotatable bonds is 3. The van der Waals surface area contributed by atoms with E-state index in [1.807, 2.05) is 6.92 Å². The van der Waals surface area contributed by atoms with Crippen molar-refractivity contribution in [1.82, 2.24) is 0 Å². The zero-order chi connectivity index (χ0) is 13.4. The highest BCUT2D eigenvalue weighted by molar-refractivity contribution is 6.74. The van der Waals surface area contributed by atoms with Crippen LogP contribution in [0.1, 0.15) is 34.1 Å². The summed E-state index contributed by atoms with van der Waals surface area (Å²) in [7, 11) is 3.98. The summed E-state index contributed by atoms with van der Waals surface area (Å²) in [6.07, 6.45) is -0.434. The van der Waals surface area contributed by atoms with E-state index in [0.717, 1.165) is 6.42 Å². The molecule has 98 valence electrons. The molecule has 4 atom stereocenters. The van der Waals surface area contributed by atoms with Crippen LogP contribution in [0.3, 0.4) is 0 Å². The maximum absolute atomic E-state index is 10.1. The van der Waals surface area contributed by atoms with E-state index in [2.05, 4.69) is 33.9 Å². The maximum Gasteiger partial charge on any atom is 0.192 e. The van der Waals surface area contributed by atoms with Gasteiger partial charge in [-0.25, -0.2) is 0 Å². The third kappa shape index (κ3) is 3.13. The largest absolute Gasteiger partial charge is 0.409 e. The standard InChI is InChI=1S/C12H25BO3Si/c1-7-8-9(14)10(11(13)15-8)16-17(5,6)12(2,3)4/h8-11,14H,7H2,1-6H3/t8-,9+,10?,11-/m1/s1. The van der Waals surface area contributed by atoms with Crippen LogP contribution >= 0.6 is 0 Å². The Bertz CT molecular complexity index is 265. The quantitative estimate of drug-likeness (QED) is 0.785. The van der Waals surface area contributed by atoms with E-state index in [-0.39, 0.29) is 17.2 Å². The number of aliphatic hydroxyl groups is 1. The van der Waals surface area contributed by atoms with Crippen molar-refractivity contribution in [3.8, 4) is 0 Å². The topological polar surface area (TPSA) is 38.7 Å². The first kappa shape index (κ1) is 15.2. The summed E-state index contributed by atoms with van der Waals surface area (Å²) in [6.45, 7) is 12.8. The number of ether oxygens (including phenoxy) is 1. The zero-order valence-electron chi connectivity index (χ0n) is 11.9. The number of hydrogen-bond donors (Lipinski definition) is 1. The van der Waals surface area contributed by atoms with Crippen molar-refractivity contribution in [3.63, 3.8) is 0 Å². The second kappa shape index (κ2) is 5.04. The Hall–Kier alpha value is 0.162. The van der Waals surface area contributed by atoms with E-state index < -0.39 is 20.4 Å². The zero-order valence-corrected chi connectivity index (χ0v) is 12.9. The van der Waals surface area contributed by atoms with Crippen LogP contribution in [0.25, 0.3) is 0 Å². The van der Waals surface area contributed by atoms with Gasteiger partial charge in [-0.1, -0.05) is 27.7 Å². The van der Waals surface area contributed by atoms with E-state index in [9.17, 15) is 5.11 Å². The van der Waals surface area contributed by atoms with Crippen LogP contribution < -0.4 is 0 Å². The molecule has 0 spiro atoms. The van der Waals surface area contributed by atoms with Crippen molar-refractivity contribution >= 4 is 16.2 Å². The third-order valence-corrected chi connectivity index (χ3v) is 8.49. The summed E-state index contributed by atoms with van der Waals surface area (Å²) in [5.41, 5.74) is 0. The minimum atomic E-state index is -1.92. The first-order valence-electron chi connectivity index (χ1n) is 6.37. The molecule has 0 aromatic carbocycles. The summed E-state index contributed by atoms with van der Waals surface area (Å²) in [6, 6.07) is -0.510. The third-order valence-electron chi connectivity index (χ3n) is 4.01. The lowest BCUT2D eigenvalue weighted by Gasteiger charge is -2.39. The molecule has 2 radical (unpaired) electrons. The molecule has 1 aliphatic rings. The molecule has 0 bridgehead atoms. The lowest BCUT2D eigenvalue weighted by Crippen LogP contribution is -2.49. The molecule has 1 rings (SSSR count). The van der Waals surface area contributed by atoms with Crippen molar-refractivity contribution in [3.05, 3.63) is 0 Å². The van der Waals surface area contributed by atoms with Crippen LogP contribution in [0.2, 0.25) is 18.1 Å². The molecule has 1 N–H and O–H groups in total. The molecular weight excluding hydrogens is 231 g/mol. The molecule has 17 heavy (non-hydrogen) atoms. The Morgan fingerprint density at radius 3 is 2.24 bits per heavy atom. The molecule has 1 saturated heterocycles. The SMILES string of the molecule is [B][C@@H]1O[C@H](CC)[C@H](O)C1O[Si](C)(C)C(C)(C)C. The molecule has 1 fully saturated rings. The van der Waals surface area contributed by atoms with Crippen molar-refractivity contribution in [2.24, 2.45) is 0 Å². The summed E-state index contributed by atoms with van der Waals surface area (Å²) in [5.74, 6) is 0. The molecule has 5 heteroatoms. The minimum Gasteiger partial charge on any atom is -0.409 e. The minimum absolute atomic E-state index is 0.108. The predicted molar refractivity (Wildman–Crippen MR) is 72.8 cm³/mol. The van der Waals surface area contributed by atoms with Crippen molar-refractivity contribution < 1.29 is 14.3 Å². The van der Waals surface area contributed by atoms with Crippen molar-refractivity contribution in [2.75, 3.05) is 0 Å². The van der Waals surface area contributed by atoms with Gasteiger partial charge in [-0.15, -0.1) is 0 Å². The lowest BCUT2D eigenvalue weighted by molar-refractivity contribution is 0.0231. The molecular formula is C12H25BO3Si. The lowest BCUT2D eigenvalue weighted by atomic mass is 9.93. The fraction of sp³-hybridized carbons (Fsp3) is 1.00. The van der Waals surface area contributed by atoms with Crippen LogP contribution in [-0.2, 0) is 9.16 Å². The van der Waals surface area contributed by atoms with E-state index in [4.69, 9.17) is 17.0 Å². The monoisotopic (exact) mass is 256 g/mol. The number of hydrogen-bond acceptors (Lipinski definition) is 3. The molecule has 3 nitrogen and oxygen atoms in total. The van der Waals surface area contributed by atoms with Gasteiger partial charge in [0.1, 0.15) is 14.0 Å². The van der Waals surface area contributed by atoms with E-state index >= 15 is 0 Å². The highest BCUT2D eigenvalue weighted by Gasteiger charge is 2.47. The van der Waals surface area contributed by atoms with E-state index in [1.54, 1.807) is 0 Å². The van der Waals surface area contributed by atoms with Gasteiger partial charge in [-0.2, -0.15) is 0 Å². The van der Waals surface area contributed by atoms with Crippen molar-refractivity contribution in [2.45, 2.75) is 76.6 Å². The van der Waals surface area contributed by atoms with Crippen LogP contribution in [0.5, 0.6) is 0 Å². The molecule has 1 aliphatic heterocycles. The fourth-order valence-corrected chi connectivity index (χ4v) is 3.06. The smallest absolute Gasteiger partial charge is 0.192 e. The van der Waals surface area contributed by atoms with Crippen molar-refractivity contribution in [1.29, 1.82) is 0 Å². The molecule has 0 aromatic heterocycles.